The number of hydrogen-bond donors (Lipinski definition) is 2. The summed E-state index contributed by atoms with van der Waals surface area (Å²) in [5.41, 5.74) is 1.60. The maximum atomic E-state index is 12.6. The average molecular weight is 320 g/mol. The molecule has 1 fully saturated rings. The number of urea groups is 1. The second-order valence-electron chi connectivity index (χ2n) is 5.77. The molecule has 0 spiro atoms. The lowest BCUT2D eigenvalue weighted by Crippen LogP contribution is -2.51. The topological polar surface area (TPSA) is 85.2 Å². The van der Waals surface area contributed by atoms with E-state index in [0.29, 0.717) is 11.1 Å². The quantitative estimate of drug-likeness (QED) is 0.833. The molecular formula is C18H16N4O2. The van der Waals surface area contributed by atoms with Crippen LogP contribution in [0.4, 0.5) is 4.79 Å². The summed E-state index contributed by atoms with van der Waals surface area (Å²) < 4.78 is 0. The first-order chi connectivity index (χ1) is 11.5. The lowest BCUT2D eigenvalue weighted by atomic mass is 9.88. The van der Waals surface area contributed by atoms with Gasteiger partial charge in [0.2, 0.25) is 0 Å². The number of amides is 3. The molecule has 2 heterocycles. The Hall–Kier alpha value is -3.33. The molecule has 1 unspecified atom stereocenters. The molecule has 24 heavy (non-hydrogen) atoms. The lowest BCUT2D eigenvalue weighted by Gasteiger charge is -2.35. The molecule has 2 aliphatic heterocycles. The summed E-state index contributed by atoms with van der Waals surface area (Å²) in [5.74, 6) is -0.425. The first kappa shape index (κ1) is 15.6. The Morgan fingerprint density at radius 3 is 2.58 bits per heavy atom. The maximum absolute atomic E-state index is 12.6. The predicted molar refractivity (Wildman–Crippen MR) is 88.3 cm³/mol. The van der Waals surface area contributed by atoms with Gasteiger partial charge in [0.1, 0.15) is 0 Å². The molecule has 1 atom stereocenters. The van der Waals surface area contributed by atoms with Crippen molar-refractivity contribution < 1.29 is 9.59 Å². The van der Waals surface area contributed by atoms with E-state index < -0.39 is 17.5 Å². The molecular weight excluding hydrogens is 304 g/mol. The van der Waals surface area contributed by atoms with Crippen molar-refractivity contribution in [3.05, 3.63) is 71.6 Å². The molecule has 120 valence electrons. The van der Waals surface area contributed by atoms with Crippen LogP contribution in [0.5, 0.6) is 0 Å². The van der Waals surface area contributed by atoms with E-state index in [0.717, 1.165) is 11.3 Å². The standard InChI is InChI=1S/C18H16N4O2/c1-12-4-3-9-22(13(12)2)11-18(16(23)20-17(24)21-18)15-7-5-14(10-19)6-8-15/h3-9H,2,11H2,1H3,(H2,20,21,23,24). The van der Waals surface area contributed by atoms with Crippen molar-refractivity contribution in [1.29, 1.82) is 5.26 Å². The van der Waals surface area contributed by atoms with Crippen LogP contribution < -0.4 is 10.6 Å². The van der Waals surface area contributed by atoms with Gasteiger partial charge in [0.15, 0.2) is 5.54 Å². The molecule has 2 N–H and O–H groups in total. The van der Waals surface area contributed by atoms with Gasteiger partial charge in [0, 0.05) is 11.9 Å². The highest BCUT2D eigenvalue weighted by Gasteiger charge is 2.49. The van der Waals surface area contributed by atoms with Crippen LogP contribution >= 0.6 is 0 Å². The van der Waals surface area contributed by atoms with E-state index in [2.05, 4.69) is 17.2 Å². The third kappa shape index (κ3) is 2.46. The number of benzene rings is 1. The van der Waals surface area contributed by atoms with Crippen LogP contribution in [-0.2, 0) is 10.3 Å². The van der Waals surface area contributed by atoms with Gasteiger partial charge in [-0.25, -0.2) is 4.79 Å². The number of carbonyl (C=O) groups excluding carboxylic acids is 2. The second-order valence-corrected chi connectivity index (χ2v) is 5.77. The van der Waals surface area contributed by atoms with Gasteiger partial charge in [-0.15, -0.1) is 0 Å². The normalized spacial score (nSPS) is 22.8. The number of carbonyl (C=O) groups is 2. The van der Waals surface area contributed by atoms with Gasteiger partial charge >= 0.3 is 6.03 Å². The number of nitrogens with zero attached hydrogens (tertiary/aromatic N) is 2. The molecule has 6 nitrogen and oxygen atoms in total. The van der Waals surface area contributed by atoms with E-state index >= 15 is 0 Å². The number of hydrogen-bond acceptors (Lipinski definition) is 4. The Balaban J connectivity index is 2.01. The van der Waals surface area contributed by atoms with Gasteiger partial charge in [-0.3, -0.25) is 10.1 Å². The van der Waals surface area contributed by atoms with E-state index in [1.165, 1.54) is 0 Å². The summed E-state index contributed by atoms with van der Waals surface area (Å²) in [6.45, 7) is 6.17. The molecule has 1 saturated heterocycles. The Kier molecular flexibility index (Phi) is 3.70. The molecule has 2 aliphatic rings. The molecule has 0 aliphatic carbocycles. The molecule has 3 rings (SSSR count). The van der Waals surface area contributed by atoms with Crippen LogP contribution in [0, 0.1) is 11.3 Å². The van der Waals surface area contributed by atoms with Crippen LogP contribution in [0.1, 0.15) is 18.1 Å². The summed E-state index contributed by atoms with van der Waals surface area (Å²) >= 11 is 0. The first-order valence-electron chi connectivity index (χ1n) is 7.41. The molecule has 0 radical (unpaired) electrons. The van der Waals surface area contributed by atoms with E-state index in [1.54, 1.807) is 24.3 Å². The molecule has 3 amide bonds. The predicted octanol–water partition coefficient (Wildman–Crippen LogP) is 1.88. The van der Waals surface area contributed by atoms with Gasteiger partial charge in [0.25, 0.3) is 5.91 Å². The zero-order chi connectivity index (χ0) is 17.3. The van der Waals surface area contributed by atoms with Gasteiger partial charge in [-0.05, 0) is 36.3 Å². The Labute approximate surface area is 139 Å². The molecule has 0 aromatic heterocycles. The van der Waals surface area contributed by atoms with Gasteiger partial charge in [0.05, 0.1) is 18.2 Å². The van der Waals surface area contributed by atoms with E-state index in [-0.39, 0.29) is 6.54 Å². The zero-order valence-corrected chi connectivity index (χ0v) is 13.2. The summed E-state index contributed by atoms with van der Waals surface area (Å²) in [4.78, 5) is 26.2. The lowest BCUT2D eigenvalue weighted by molar-refractivity contribution is -0.124. The first-order valence-corrected chi connectivity index (χ1v) is 7.41. The largest absolute Gasteiger partial charge is 0.345 e. The monoisotopic (exact) mass is 320 g/mol. The smallest absolute Gasteiger partial charge is 0.322 e. The number of imide groups is 1. The van der Waals surface area contributed by atoms with Gasteiger partial charge in [-0.1, -0.05) is 24.8 Å². The molecule has 0 bridgehead atoms. The highest BCUT2D eigenvalue weighted by molar-refractivity contribution is 6.07. The van der Waals surface area contributed by atoms with Crippen molar-refractivity contribution in [2.24, 2.45) is 0 Å². The minimum absolute atomic E-state index is 0.205. The summed E-state index contributed by atoms with van der Waals surface area (Å²) in [5, 5.41) is 14.0. The van der Waals surface area contributed by atoms with Crippen LogP contribution in [-0.4, -0.2) is 23.4 Å². The average Bonchev–Trinajstić information content (AvgIpc) is 2.86. The van der Waals surface area contributed by atoms with Crippen LogP contribution in [0.3, 0.4) is 0 Å². The van der Waals surface area contributed by atoms with Crippen molar-refractivity contribution in [3.8, 4) is 6.07 Å². The molecule has 1 aromatic rings. The Bertz CT molecular complexity index is 830. The number of allylic oxidation sites excluding steroid dienone is 3. The maximum Gasteiger partial charge on any atom is 0.322 e. The van der Waals surface area contributed by atoms with Gasteiger partial charge in [-0.2, -0.15) is 5.26 Å². The van der Waals surface area contributed by atoms with E-state index in [9.17, 15) is 9.59 Å². The minimum atomic E-state index is -1.24. The summed E-state index contributed by atoms with van der Waals surface area (Å²) in [6, 6.07) is 8.12. The highest BCUT2D eigenvalue weighted by Crippen LogP contribution is 2.30. The van der Waals surface area contributed by atoms with Crippen molar-refractivity contribution in [3.63, 3.8) is 0 Å². The van der Waals surface area contributed by atoms with Crippen molar-refractivity contribution >= 4 is 11.9 Å². The van der Waals surface area contributed by atoms with Crippen LogP contribution in [0.2, 0.25) is 0 Å². The minimum Gasteiger partial charge on any atom is -0.345 e. The fourth-order valence-corrected chi connectivity index (χ4v) is 2.83. The molecule has 0 saturated carbocycles. The third-order valence-corrected chi connectivity index (χ3v) is 4.27. The summed E-state index contributed by atoms with van der Waals surface area (Å²) in [6.07, 6.45) is 5.62. The van der Waals surface area contributed by atoms with Crippen molar-refractivity contribution in [1.82, 2.24) is 15.5 Å². The van der Waals surface area contributed by atoms with E-state index in [4.69, 9.17) is 5.26 Å². The van der Waals surface area contributed by atoms with E-state index in [1.807, 2.05) is 36.2 Å². The van der Waals surface area contributed by atoms with Crippen LogP contribution in [0.15, 0.2) is 60.5 Å². The highest BCUT2D eigenvalue weighted by atomic mass is 16.2. The second kappa shape index (κ2) is 5.70. The van der Waals surface area contributed by atoms with Gasteiger partial charge < -0.3 is 10.2 Å². The number of nitrogens with one attached hydrogen (secondary N) is 2. The Morgan fingerprint density at radius 2 is 2.00 bits per heavy atom. The van der Waals surface area contributed by atoms with Crippen LogP contribution in [0.25, 0.3) is 0 Å². The molecule has 6 heteroatoms. The molecule has 1 aromatic carbocycles. The Morgan fingerprint density at radius 1 is 1.29 bits per heavy atom. The van der Waals surface area contributed by atoms with Crippen molar-refractivity contribution in [2.75, 3.05) is 6.54 Å². The summed E-state index contributed by atoms with van der Waals surface area (Å²) in [7, 11) is 0. The number of rotatable bonds is 3. The fraction of sp³-hybridized carbons (Fsp3) is 0.167. The fourth-order valence-electron chi connectivity index (χ4n) is 2.83. The van der Waals surface area contributed by atoms with Crippen molar-refractivity contribution in [2.45, 2.75) is 12.5 Å². The number of nitriles is 1. The zero-order valence-electron chi connectivity index (χ0n) is 13.2. The SMILES string of the molecule is C=C1C(C)=CC=CN1CC1(c2ccc(C#N)cc2)NC(=O)NC1=O. The third-order valence-electron chi connectivity index (χ3n) is 4.27.